The van der Waals surface area contributed by atoms with Crippen molar-refractivity contribution in [2.45, 2.75) is 67.4 Å². The Morgan fingerprint density at radius 3 is 1.86 bits per heavy atom. The third-order valence-electron chi connectivity index (χ3n) is 7.29. The summed E-state index contributed by atoms with van der Waals surface area (Å²) in [4.78, 5) is 0. The molecule has 2 saturated heterocycles. The molecule has 0 N–H and O–H groups in total. The van der Waals surface area contributed by atoms with E-state index in [4.69, 9.17) is 18.6 Å². The topological polar surface area (TPSA) is 40.2 Å². The molecule has 2 aliphatic heterocycles. The average molecular weight is 615 g/mol. The van der Waals surface area contributed by atoms with Gasteiger partial charge in [-0.3, -0.25) is 0 Å². The average Bonchev–Trinajstić information content (AvgIpc) is 3.53. The summed E-state index contributed by atoms with van der Waals surface area (Å²) in [6.45, 7) is 8.02. The van der Waals surface area contributed by atoms with Crippen LogP contribution in [0, 0.1) is 0 Å². The number of ether oxygens (including phenoxy) is 3. The molecule has 0 radical (unpaired) electrons. The summed E-state index contributed by atoms with van der Waals surface area (Å²) in [5, 5.41) is 2.51. The van der Waals surface area contributed by atoms with Crippen molar-refractivity contribution >= 4 is 41.3 Å². The highest BCUT2D eigenvalue weighted by Crippen LogP contribution is 2.51. The highest BCUT2D eigenvalue weighted by Gasteiger charge is 2.65. The largest absolute Gasteiger partial charge is 0.405 e. The minimum atomic E-state index is -2.61. The first-order valence-electron chi connectivity index (χ1n) is 12.8. The van der Waals surface area contributed by atoms with Gasteiger partial charge < -0.3 is 18.6 Å². The molecule has 6 heteroatoms. The Labute approximate surface area is 229 Å². The third kappa shape index (κ3) is 5.08. The quantitative estimate of drug-likeness (QED) is 0.139. The van der Waals surface area contributed by atoms with Crippen molar-refractivity contribution in [3.05, 3.63) is 96.6 Å². The SMILES string of the molecule is CC(C)(C)[Si](OC[C@@H]1CCC(OCc2ccccc2)C2(OC2I)O1)(c1ccccc1)c1ccccc1. The van der Waals surface area contributed by atoms with Crippen LogP contribution in [0.2, 0.25) is 5.04 Å². The van der Waals surface area contributed by atoms with Crippen molar-refractivity contribution in [2.75, 3.05) is 6.61 Å². The summed E-state index contributed by atoms with van der Waals surface area (Å²) in [7, 11) is -2.61. The lowest BCUT2D eigenvalue weighted by atomic mass is 10.0. The highest BCUT2D eigenvalue weighted by molar-refractivity contribution is 14.1. The molecule has 3 unspecified atom stereocenters. The molecule has 2 aliphatic rings. The molecule has 0 aliphatic carbocycles. The van der Waals surface area contributed by atoms with Gasteiger partial charge in [0.25, 0.3) is 8.32 Å². The van der Waals surface area contributed by atoms with Gasteiger partial charge in [0, 0.05) is 0 Å². The molecule has 0 amide bonds. The van der Waals surface area contributed by atoms with Crippen LogP contribution < -0.4 is 10.4 Å². The van der Waals surface area contributed by atoms with Crippen LogP contribution >= 0.6 is 22.6 Å². The van der Waals surface area contributed by atoms with Crippen LogP contribution in [0.1, 0.15) is 39.2 Å². The number of hydrogen-bond acceptors (Lipinski definition) is 4. The van der Waals surface area contributed by atoms with Gasteiger partial charge in [0.2, 0.25) is 5.79 Å². The van der Waals surface area contributed by atoms with Gasteiger partial charge in [-0.1, -0.05) is 112 Å². The minimum absolute atomic E-state index is 0.00784. The second-order valence-corrected chi connectivity index (χ2v) is 16.2. The number of epoxide rings is 1. The van der Waals surface area contributed by atoms with Crippen LogP contribution in [0.15, 0.2) is 91.0 Å². The minimum Gasteiger partial charge on any atom is -0.405 e. The highest BCUT2D eigenvalue weighted by atomic mass is 127. The van der Waals surface area contributed by atoms with E-state index in [0.29, 0.717) is 13.2 Å². The van der Waals surface area contributed by atoms with Gasteiger partial charge in [-0.25, -0.2) is 0 Å². The van der Waals surface area contributed by atoms with Crippen molar-refractivity contribution in [3.8, 4) is 0 Å². The molecule has 4 nitrogen and oxygen atoms in total. The normalized spacial score (nSPS) is 26.2. The molecule has 2 fully saturated rings. The number of halogens is 1. The number of alkyl halides is 1. The standard InChI is InChI=1S/C30H35IO4Si/c1-29(2,3)36(25-15-9-5-10-16-25,26-17-11-6-12-18-26)33-22-24-19-20-27(30(34-24)28(31)35-30)32-21-23-13-7-4-8-14-23/h4-18,24,27-28H,19-22H2,1-3H3/t24-,27?,28?,30?/m0/s1. The van der Waals surface area contributed by atoms with Gasteiger partial charge in [-0.2, -0.15) is 0 Å². The Balaban J connectivity index is 1.34. The van der Waals surface area contributed by atoms with Gasteiger partial charge in [0.05, 0.1) is 19.3 Å². The van der Waals surface area contributed by atoms with E-state index in [1.165, 1.54) is 10.4 Å². The smallest absolute Gasteiger partial charge is 0.261 e. The summed E-state index contributed by atoms with van der Waals surface area (Å²) in [5.74, 6) is -0.674. The Bertz CT molecular complexity index is 1080. The second kappa shape index (κ2) is 10.7. The van der Waals surface area contributed by atoms with Crippen molar-refractivity contribution < 1.29 is 18.6 Å². The van der Waals surface area contributed by atoms with E-state index >= 15 is 0 Å². The van der Waals surface area contributed by atoms with E-state index in [1.807, 2.05) is 18.2 Å². The molecule has 3 aromatic carbocycles. The lowest BCUT2D eigenvalue weighted by Gasteiger charge is -2.44. The van der Waals surface area contributed by atoms with Crippen molar-refractivity contribution in [2.24, 2.45) is 0 Å². The maximum atomic E-state index is 7.14. The molecule has 1 spiro atoms. The summed E-state index contributed by atoms with van der Waals surface area (Å²) in [6, 6.07) is 31.8. The zero-order valence-corrected chi connectivity index (χ0v) is 24.4. The van der Waals surface area contributed by atoms with Gasteiger partial charge in [0.1, 0.15) is 6.10 Å². The molecule has 3 aromatic rings. The predicted molar refractivity (Wildman–Crippen MR) is 154 cm³/mol. The summed E-state index contributed by atoms with van der Waals surface area (Å²) >= 11 is 2.32. The van der Waals surface area contributed by atoms with Crippen molar-refractivity contribution in [1.29, 1.82) is 0 Å². The van der Waals surface area contributed by atoms with Gasteiger partial charge >= 0.3 is 0 Å². The van der Waals surface area contributed by atoms with Crippen LogP contribution in [0.3, 0.4) is 0 Å². The van der Waals surface area contributed by atoms with Gasteiger partial charge in [-0.15, -0.1) is 0 Å². The molecule has 0 bridgehead atoms. The Hall–Kier alpha value is -1.55. The molecular weight excluding hydrogens is 579 g/mol. The summed E-state index contributed by atoms with van der Waals surface area (Å²) < 4.78 is 26.1. The monoisotopic (exact) mass is 614 g/mol. The number of benzene rings is 3. The molecule has 0 aromatic heterocycles. The van der Waals surface area contributed by atoms with Crippen LogP contribution in [0.4, 0.5) is 0 Å². The first kappa shape index (κ1) is 26.1. The third-order valence-corrected chi connectivity index (χ3v) is 13.4. The van der Waals surface area contributed by atoms with E-state index in [2.05, 4.69) is 116 Å². The van der Waals surface area contributed by atoms with E-state index in [0.717, 1.165) is 18.4 Å². The fourth-order valence-corrected chi connectivity index (χ4v) is 11.0. The van der Waals surface area contributed by atoms with Gasteiger partial charge in [0.15, 0.2) is 4.11 Å². The van der Waals surface area contributed by atoms with Gasteiger partial charge in [-0.05, 0) is 56.4 Å². The molecule has 5 rings (SSSR count). The number of rotatable bonds is 8. The fraction of sp³-hybridized carbons (Fsp3) is 0.400. The Morgan fingerprint density at radius 1 is 0.833 bits per heavy atom. The Kier molecular flexibility index (Phi) is 7.73. The Morgan fingerprint density at radius 2 is 1.36 bits per heavy atom. The maximum Gasteiger partial charge on any atom is 0.261 e. The summed E-state index contributed by atoms with van der Waals surface area (Å²) in [5.41, 5.74) is 1.16. The lowest BCUT2D eigenvalue weighted by molar-refractivity contribution is -0.207. The van der Waals surface area contributed by atoms with E-state index < -0.39 is 14.1 Å². The van der Waals surface area contributed by atoms with Crippen LogP contribution in [0.25, 0.3) is 0 Å². The molecule has 36 heavy (non-hydrogen) atoms. The molecule has 0 saturated carbocycles. The number of hydrogen-bond donors (Lipinski definition) is 0. The molecule has 2 heterocycles. The molecule has 4 atom stereocenters. The van der Waals surface area contributed by atoms with Crippen LogP contribution in [0.5, 0.6) is 0 Å². The van der Waals surface area contributed by atoms with E-state index in [1.54, 1.807) is 0 Å². The molecular formula is C30H35IO4Si. The summed E-state index contributed by atoms with van der Waals surface area (Å²) in [6.07, 6.45) is 1.65. The van der Waals surface area contributed by atoms with Crippen LogP contribution in [-0.2, 0) is 25.2 Å². The zero-order valence-electron chi connectivity index (χ0n) is 21.2. The van der Waals surface area contributed by atoms with Crippen molar-refractivity contribution in [1.82, 2.24) is 0 Å². The first-order valence-corrected chi connectivity index (χ1v) is 15.9. The predicted octanol–water partition coefficient (Wildman–Crippen LogP) is 5.82. The lowest BCUT2D eigenvalue weighted by Crippen LogP contribution is -2.67. The fourth-order valence-electron chi connectivity index (χ4n) is 5.43. The van der Waals surface area contributed by atoms with Crippen LogP contribution in [-0.4, -0.2) is 37.0 Å². The van der Waals surface area contributed by atoms with E-state index in [9.17, 15) is 0 Å². The van der Waals surface area contributed by atoms with Crippen molar-refractivity contribution in [3.63, 3.8) is 0 Å². The second-order valence-electron chi connectivity index (χ2n) is 10.7. The van der Waals surface area contributed by atoms with E-state index in [-0.39, 0.29) is 21.4 Å². The zero-order chi connectivity index (χ0) is 25.2. The maximum absolute atomic E-state index is 7.14. The molecule has 190 valence electrons. The first-order chi connectivity index (χ1) is 17.3.